The molecule has 32 heavy (non-hydrogen) atoms. The second-order valence-electron chi connectivity index (χ2n) is 10.6. The molecular weight excluding hydrogens is 420 g/mol. The number of carbonyl (C=O) groups is 2. The monoisotopic (exact) mass is 454 g/mol. The molecule has 1 aliphatic heterocycles. The van der Waals surface area contributed by atoms with Crippen LogP contribution in [0, 0.1) is 0 Å². The third-order valence-electron chi connectivity index (χ3n) is 7.61. The number of anilines is 1. The topological polar surface area (TPSA) is 87.3 Å². The Morgan fingerprint density at radius 2 is 1.84 bits per heavy atom. The van der Waals surface area contributed by atoms with Crippen LogP contribution in [0.2, 0.25) is 24.7 Å². The molecular formula is C24H34N4O3Si. The summed E-state index contributed by atoms with van der Waals surface area (Å²) < 4.78 is 5.60. The number of hydrogen-bond donors (Lipinski definition) is 2. The lowest BCUT2D eigenvalue weighted by molar-refractivity contribution is -0.148. The summed E-state index contributed by atoms with van der Waals surface area (Å²) in [5, 5.41) is 10.4. The van der Waals surface area contributed by atoms with Crippen molar-refractivity contribution >= 4 is 25.7 Å². The van der Waals surface area contributed by atoms with Crippen molar-refractivity contribution in [1.29, 1.82) is 0 Å². The van der Waals surface area contributed by atoms with E-state index in [1.54, 1.807) is 7.11 Å². The van der Waals surface area contributed by atoms with E-state index in [4.69, 9.17) is 4.74 Å². The SMILES string of the molecule is CO[C@H](C(=O)N1Cc2c(NC(=O)C3([Si](C)(C)C)CCC3)n[nH]c2C1(C)C)c1ccccc1. The zero-order chi connectivity index (χ0) is 23.3. The number of aromatic amines is 1. The second kappa shape index (κ2) is 7.85. The molecule has 1 aromatic heterocycles. The largest absolute Gasteiger partial charge is 0.367 e. The summed E-state index contributed by atoms with van der Waals surface area (Å²) in [4.78, 5) is 28.7. The van der Waals surface area contributed by atoms with Crippen LogP contribution in [0.15, 0.2) is 30.3 Å². The van der Waals surface area contributed by atoms with Gasteiger partial charge in [0.1, 0.15) is 0 Å². The molecule has 2 aromatic rings. The van der Waals surface area contributed by atoms with Gasteiger partial charge in [0.15, 0.2) is 11.9 Å². The van der Waals surface area contributed by atoms with Crippen LogP contribution in [0.5, 0.6) is 0 Å². The summed E-state index contributed by atoms with van der Waals surface area (Å²) in [5.41, 5.74) is 1.96. The number of amides is 2. The zero-order valence-electron chi connectivity index (χ0n) is 19.9. The van der Waals surface area contributed by atoms with Gasteiger partial charge in [-0.15, -0.1) is 0 Å². The van der Waals surface area contributed by atoms with Crippen molar-refractivity contribution < 1.29 is 14.3 Å². The smallest absolute Gasteiger partial charge is 0.257 e. The van der Waals surface area contributed by atoms with E-state index in [0.717, 1.165) is 36.1 Å². The fourth-order valence-corrected chi connectivity index (χ4v) is 7.79. The Bertz CT molecular complexity index is 1020. The van der Waals surface area contributed by atoms with Crippen molar-refractivity contribution in [3.8, 4) is 0 Å². The first kappa shape index (κ1) is 22.7. The van der Waals surface area contributed by atoms with E-state index in [0.29, 0.717) is 12.4 Å². The van der Waals surface area contributed by atoms with E-state index in [-0.39, 0.29) is 16.9 Å². The molecule has 0 saturated heterocycles. The van der Waals surface area contributed by atoms with Crippen LogP contribution in [0.1, 0.15) is 56.0 Å². The molecule has 0 unspecified atom stereocenters. The highest BCUT2D eigenvalue weighted by molar-refractivity contribution is 6.83. The van der Waals surface area contributed by atoms with Gasteiger partial charge in [-0.3, -0.25) is 14.7 Å². The number of rotatable bonds is 6. The predicted octanol–water partition coefficient (Wildman–Crippen LogP) is 4.58. The summed E-state index contributed by atoms with van der Waals surface area (Å²) in [6.45, 7) is 11.2. The van der Waals surface area contributed by atoms with Crippen LogP contribution in [0.3, 0.4) is 0 Å². The Labute approximate surface area is 190 Å². The highest BCUT2D eigenvalue weighted by Gasteiger charge is 2.54. The average Bonchev–Trinajstić information content (AvgIpc) is 3.19. The van der Waals surface area contributed by atoms with Crippen LogP contribution in [-0.2, 0) is 26.4 Å². The van der Waals surface area contributed by atoms with Crippen LogP contribution in [0.4, 0.5) is 5.82 Å². The minimum Gasteiger partial charge on any atom is -0.367 e. The molecule has 2 aliphatic rings. The standard InChI is InChI=1S/C24H34N4O3Si/c1-23(2)19-17(15-28(23)21(29)18(31-3)16-11-8-7-9-12-16)20(27-26-19)25-22(30)24(13-10-14-24)32(4,5)6/h7-9,11-12,18H,10,13-15H2,1-6H3,(H2,25,26,27,30)/t18-/m0/s1. The number of benzene rings is 1. The second-order valence-corrected chi connectivity index (χ2v) is 16.0. The molecule has 2 amide bonds. The molecule has 7 nitrogen and oxygen atoms in total. The molecule has 2 N–H and O–H groups in total. The van der Waals surface area contributed by atoms with Crippen molar-refractivity contribution in [1.82, 2.24) is 15.1 Å². The Kier molecular flexibility index (Phi) is 5.57. The molecule has 1 atom stereocenters. The number of nitrogens with one attached hydrogen (secondary N) is 2. The maximum atomic E-state index is 13.5. The molecule has 1 aromatic carbocycles. The maximum Gasteiger partial charge on any atom is 0.257 e. The van der Waals surface area contributed by atoms with E-state index in [2.05, 4.69) is 35.2 Å². The van der Waals surface area contributed by atoms with E-state index < -0.39 is 19.7 Å². The van der Waals surface area contributed by atoms with Crippen molar-refractivity contribution in [3.63, 3.8) is 0 Å². The van der Waals surface area contributed by atoms with Crippen molar-refractivity contribution in [2.75, 3.05) is 12.4 Å². The van der Waals surface area contributed by atoms with E-state index in [9.17, 15) is 9.59 Å². The lowest BCUT2D eigenvalue weighted by Gasteiger charge is -2.48. The van der Waals surface area contributed by atoms with Gasteiger partial charge in [0.2, 0.25) is 5.91 Å². The van der Waals surface area contributed by atoms with E-state index in [1.165, 1.54) is 0 Å². The van der Waals surface area contributed by atoms with Crippen molar-refractivity contribution in [2.45, 2.75) is 76.0 Å². The Morgan fingerprint density at radius 1 is 1.19 bits per heavy atom. The normalized spacial score (nSPS) is 19.8. The number of hydrogen-bond acceptors (Lipinski definition) is 4. The van der Waals surface area contributed by atoms with Crippen LogP contribution >= 0.6 is 0 Å². The number of ether oxygens (including phenoxy) is 1. The summed E-state index contributed by atoms with van der Waals surface area (Å²) >= 11 is 0. The van der Waals surface area contributed by atoms with E-state index >= 15 is 0 Å². The number of H-pyrrole nitrogens is 1. The Hall–Kier alpha value is -2.45. The third-order valence-corrected chi connectivity index (χ3v) is 11.2. The van der Waals surface area contributed by atoms with Gasteiger partial charge >= 0.3 is 0 Å². The highest BCUT2D eigenvalue weighted by atomic mass is 28.3. The summed E-state index contributed by atoms with van der Waals surface area (Å²) in [6, 6.07) is 9.52. The van der Waals surface area contributed by atoms with Crippen LogP contribution < -0.4 is 5.32 Å². The van der Waals surface area contributed by atoms with Gasteiger partial charge in [-0.1, -0.05) is 56.4 Å². The first-order valence-corrected chi connectivity index (χ1v) is 14.8. The fourth-order valence-electron chi connectivity index (χ4n) is 5.20. The molecule has 1 aliphatic carbocycles. The Balaban J connectivity index is 1.59. The minimum atomic E-state index is -1.69. The van der Waals surface area contributed by atoms with Crippen molar-refractivity contribution in [3.05, 3.63) is 47.2 Å². The zero-order valence-corrected chi connectivity index (χ0v) is 20.9. The van der Waals surface area contributed by atoms with Gasteiger partial charge in [-0.25, -0.2) is 0 Å². The number of carbonyl (C=O) groups excluding carboxylic acids is 2. The summed E-state index contributed by atoms with van der Waals surface area (Å²) in [5.74, 6) is 0.522. The van der Waals surface area contributed by atoms with Crippen molar-refractivity contribution in [2.24, 2.45) is 0 Å². The number of nitrogens with zero attached hydrogens (tertiary/aromatic N) is 2. The Morgan fingerprint density at radius 3 is 2.38 bits per heavy atom. The molecule has 1 fully saturated rings. The van der Waals surface area contributed by atoms with Gasteiger partial charge in [0.05, 0.1) is 25.9 Å². The number of aromatic nitrogens is 2. The highest BCUT2D eigenvalue weighted by Crippen LogP contribution is 2.56. The lowest BCUT2D eigenvalue weighted by Crippen LogP contribution is -2.52. The van der Waals surface area contributed by atoms with Gasteiger partial charge in [0, 0.05) is 17.7 Å². The van der Waals surface area contributed by atoms with Gasteiger partial charge in [0.25, 0.3) is 5.91 Å². The van der Waals surface area contributed by atoms with Gasteiger partial charge < -0.3 is 15.0 Å². The number of fused-ring (bicyclic) bond motifs is 1. The van der Waals surface area contributed by atoms with Gasteiger partial charge in [-0.05, 0) is 32.3 Å². The maximum absolute atomic E-state index is 13.5. The molecule has 172 valence electrons. The molecule has 0 spiro atoms. The molecule has 1 saturated carbocycles. The third kappa shape index (κ3) is 3.40. The molecule has 8 heteroatoms. The van der Waals surface area contributed by atoms with Crippen LogP contribution in [-0.4, -0.2) is 42.1 Å². The number of methoxy groups -OCH3 is 1. The average molecular weight is 455 g/mol. The summed E-state index contributed by atoms with van der Waals surface area (Å²) in [7, 11) is -0.139. The molecule has 0 bridgehead atoms. The lowest BCUT2D eigenvalue weighted by atomic mass is 9.83. The van der Waals surface area contributed by atoms with Gasteiger partial charge in [-0.2, -0.15) is 5.10 Å². The minimum absolute atomic E-state index is 0.0823. The van der Waals surface area contributed by atoms with Crippen LogP contribution in [0.25, 0.3) is 0 Å². The molecule has 4 rings (SSSR count). The fraction of sp³-hybridized carbons (Fsp3) is 0.542. The molecule has 2 heterocycles. The first-order valence-electron chi connectivity index (χ1n) is 11.3. The molecule has 0 radical (unpaired) electrons. The predicted molar refractivity (Wildman–Crippen MR) is 127 cm³/mol. The first-order chi connectivity index (χ1) is 15.0. The summed E-state index contributed by atoms with van der Waals surface area (Å²) in [6.07, 6.45) is 2.31. The quantitative estimate of drug-likeness (QED) is 0.626. The van der Waals surface area contributed by atoms with E-state index in [1.807, 2.05) is 49.1 Å².